The minimum absolute atomic E-state index is 0.0552. The van der Waals surface area contributed by atoms with Crippen molar-refractivity contribution in [2.24, 2.45) is 0 Å². The predicted molar refractivity (Wildman–Crippen MR) is 161 cm³/mol. The topological polar surface area (TPSA) is 70.9 Å². The van der Waals surface area contributed by atoms with E-state index in [0.29, 0.717) is 55.5 Å². The first-order chi connectivity index (χ1) is 20.2. The summed E-state index contributed by atoms with van der Waals surface area (Å²) in [4.78, 5) is 38.1. The van der Waals surface area contributed by atoms with E-state index in [-0.39, 0.29) is 29.7 Å². The Bertz CT molecular complexity index is 1610. The highest BCUT2D eigenvalue weighted by Gasteiger charge is 2.35. The molecule has 8 nitrogen and oxygen atoms in total. The van der Waals surface area contributed by atoms with Crippen molar-refractivity contribution in [1.29, 1.82) is 0 Å². The van der Waals surface area contributed by atoms with E-state index in [1.54, 1.807) is 16.3 Å². The molecule has 3 atom stereocenters. The summed E-state index contributed by atoms with van der Waals surface area (Å²) in [5.41, 5.74) is 2.15. The van der Waals surface area contributed by atoms with Crippen molar-refractivity contribution in [2.75, 3.05) is 50.0 Å². The number of aryl methyl sites for hydroxylation is 1. The van der Waals surface area contributed by atoms with Crippen LogP contribution in [0.5, 0.6) is 0 Å². The summed E-state index contributed by atoms with van der Waals surface area (Å²) in [7, 11) is 0. The van der Waals surface area contributed by atoms with Crippen LogP contribution in [0.4, 0.5) is 14.6 Å². The van der Waals surface area contributed by atoms with Gasteiger partial charge in [-0.05, 0) is 50.6 Å². The van der Waals surface area contributed by atoms with Crippen molar-refractivity contribution in [2.45, 2.75) is 50.3 Å². The lowest BCUT2D eigenvalue weighted by Gasteiger charge is -2.44. The molecule has 3 aromatic rings. The number of hydrogen-bond acceptors (Lipinski definition) is 7. The Balaban J connectivity index is 1.54. The molecular weight excluding hydrogens is 560 g/mol. The van der Waals surface area contributed by atoms with Crippen LogP contribution in [0, 0.1) is 18.6 Å². The van der Waals surface area contributed by atoms with Crippen LogP contribution >= 0.6 is 11.8 Å². The van der Waals surface area contributed by atoms with Crippen LogP contribution in [0.2, 0.25) is 0 Å². The molecule has 0 bridgehead atoms. The third-order valence-corrected chi connectivity index (χ3v) is 9.86. The van der Waals surface area contributed by atoms with Crippen molar-refractivity contribution < 1.29 is 18.3 Å². The molecule has 42 heavy (non-hydrogen) atoms. The molecule has 0 radical (unpaired) electrons. The van der Waals surface area contributed by atoms with Crippen molar-refractivity contribution in [1.82, 2.24) is 19.4 Å². The minimum Gasteiger partial charge on any atom is -0.379 e. The maximum atomic E-state index is 15.3. The van der Waals surface area contributed by atoms with Gasteiger partial charge in [0, 0.05) is 84.1 Å². The van der Waals surface area contributed by atoms with Gasteiger partial charge in [-0.3, -0.25) is 14.3 Å². The zero-order valence-electron chi connectivity index (χ0n) is 24.1. The zero-order valence-corrected chi connectivity index (χ0v) is 24.9. The lowest BCUT2D eigenvalue weighted by molar-refractivity contribution is -0.130. The molecule has 4 heterocycles. The summed E-state index contributed by atoms with van der Waals surface area (Å²) in [5, 5.41) is 0.811. The zero-order chi connectivity index (χ0) is 29.7. The Hall–Kier alpha value is -3.28. The van der Waals surface area contributed by atoms with E-state index in [9.17, 15) is 14.0 Å². The monoisotopic (exact) mass is 595 g/mol. The quantitative estimate of drug-likeness (QED) is 0.422. The van der Waals surface area contributed by atoms with E-state index in [4.69, 9.17) is 4.74 Å². The van der Waals surface area contributed by atoms with Crippen LogP contribution in [0.3, 0.4) is 0 Å². The average molecular weight is 596 g/mol. The molecule has 0 saturated carbocycles. The molecule has 1 aromatic heterocycles. The number of carbonyl (C=O) groups is 1. The number of morpholine rings is 1. The van der Waals surface area contributed by atoms with Gasteiger partial charge in [-0.25, -0.2) is 13.6 Å². The van der Waals surface area contributed by atoms with Gasteiger partial charge in [0.25, 0.3) is 0 Å². The maximum absolute atomic E-state index is 15.3. The highest BCUT2D eigenvalue weighted by Crippen LogP contribution is 2.44. The minimum atomic E-state index is -0.642. The SMILES string of the molecule is C=CC(=O)N1[C@H](C)CN(c2nc(=O)n3c4c(c(-c5ccc(F)cc5F)c(C)cc24)SCC(N2CCOCC2)C3)C[C@@H]1C. The summed E-state index contributed by atoms with van der Waals surface area (Å²) in [6.07, 6.45) is 1.33. The van der Waals surface area contributed by atoms with E-state index in [1.807, 2.05) is 31.7 Å². The lowest BCUT2D eigenvalue weighted by atomic mass is 9.97. The first kappa shape index (κ1) is 28.8. The van der Waals surface area contributed by atoms with Gasteiger partial charge in [0.2, 0.25) is 5.91 Å². The number of hydrogen-bond donors (Lipinski definition) is 0. The number of nitrogens with zero attached hydrogens (tertiary/aromatic N) is 5. The van der Waals surface area contributed by atoms with Crippen LogP contribution in [0.1, 0.15) is 19.4 Å². The molecular formula is C31H35F2N5O3S. The maximum Gasteiger partial charge on any atom is 0.350 e. The van der Waals surface area contributed by atoms with Crippen LogP contribution in [0.25, 0.3) is 22.0 Å². The molecule has 0 aliphatic carbocycles. The second-order valence-electron chi connectivity index (χ2n) is 11.4. The number of carbonyl (C=O) groups excluding carboxylic acids is 1. The number of benzene rings is 2. The van der Waals surface area contributed by atoms with Gasteiger partial charge >= 0.3 is 5.69 Å². The number of thioether (sulfide) groups is 1. The number of amides is 1. The van der Waals surface area contributed by atoms with E-state index in [2.05, 4.69) is 21.4 Å². The highest BCUT2D eigenvalue weighted by atomic mass is 32.2. The molecule has 2 fully saturated rings. The summed E-state index contributed by atoms with van der Waals surface area (Å²) < 4.78 is 36.5. The first-order valence-electron chi connectivity index (χ1n) is 14.4. The van der Waals surface area contributed by atoms with E-state index < -0.39 is 11.6 Å². The molecule has 2 aromatic carbocycles. The summed E-state index contributed by atoms with van der Waals surface area (Å²) in [6.45, 7) is 13.8. The second-order valence-corrected chi connectivity index (χ2v) is 12.4. The molecule has 0 N–H and O–H groups in total. The highest BCUT2D eigenvalue weighted by molar-refractivity contribution is 7.99. The Morgan fingerprint density at radius 1 is 1.12 bits per heavy atom. The van der Waals surface area contributed by atoms with Gasteiger partial charge in [-0.15, -0.1) is 11.8 Å². The van der Waals surface area contributed by atoms with Crippen LogP contribution in [-0.2, 0) is 16.1 Å². The van der Waals surface area contributed by atoms with Gasteiger partial charge in [0.15, 0.2) is 0 Å². The fourth-order valence-corrected chi connectivity index (χ4v) is 8.19. The Kier molecular flexibility index (Phi) is 7.84. The van der Waals surface area contributed by atoms with Crippen LogP contribution in [-0.4, -0.2) is 88.5 Å². The van der Waals surface area contributed by atoms with Crippen LogP contribution in [0.15, 0.2) is 46.6 Å². The Morgan fingerprint density at radius 3 is 2.50 bits per heavy atom. The van der Waals surface area contributed by atoms with Crippen molar-refractivity contribution >= 4 is 34.4 Å². The van der Waals surface area contributed by atoms with E-state index >= 15 is 4.39 Å². The molecule has 3 aliphatic heterocycles. The fraction of sp³-hybridized carbons (Fsp3) is 0.452. The third-order valence-electron chi connectivity index (χ3n) is 8.62. The van der Waals surface area contributed by atoms with Crippen molar-refractivity contribution in [3.8, 4) is 11.1 Å². The molecule has 1 unspecified atom stereocenters. The summed E-state index contributed by atoms with van der Waals surface area (Å²) in [6, 6.07) is 5.43. The Labute approximate surface area is 247 Å². The number of anilines is 1. The average Bonchev–Trinajstić information content (AvgIpc) is 3.17. The summed E-state index contributed by atoms with van der Waals surface area (Å²) >= 11 is 1.61. The van der Waals surface area contributed by atoms with Crippen molar-refractivity contribution in [3.63, 3.8) is 0 Å². The smallest absolute Gasteiger partial charge is 0.350 e. The second kappa shape index (κ2) is 11.4. The molecule has 6 rings (SSSR count). The van der Waals surface area contributed by atoms with Gasteiger partial charge in [-0.2, -0.15) is 4.98 Å². The number of rotatable bonds is 4. The normalized spacial score (nSPS) is 23.2. The largest absolute Gasteiger partial charge is 0.379 e. The van der Waals surface area contributed by atoms with Gasteiger partial charge in [0.1, 0.15) is 17.5 Å². The van der Waals surface area contributed by atoms with E-state index in [1.165, 1.54) is 18.2 Å². The lowest BCUT2D eigenvalue weighted by Crippen LogP contribution is -2.58. The van der Waals surface area contributed by atoms with Gasteiger partial charge in [0.05, 0.1) is 18.7 Å². The van der Waals surface area contributed by atoms with E-state index in [0.717, 1.165) is 40.5 Å². The molecule has 2 saturated heterocycles. The van der Waals surface area contributed by atoms with Crippen molar-refractivity contribution in [3.05, 3.63) is 64.6 Å². The Morgan fingerprint density at radius 2 is 1.83 bits per heavy atom. The third kappa shape index (κ3) is 5.01. The van der Waals surface area contributed by atoms with Gasteiger partial charge < -0.3 is 14.5 Å². The number of halogens is 2. The number of ether oxygens (including phenoxy) is 1. The fourth-order valence-electron chi connectivity index (χ4n) is 6.74. The molecule has 1 amide bonds. The summed E-state index contributed by atoms with van der Waals surface area (Å²) in [5.74, 6) is -0.139. The first-order valence-corrected chi connectivity index (χ1v) is 15.3. The number of aromatic nitrogens is 2. The van der Waals surface area contributed by atoms with Crippen LogP contribution < -0.4 is 10.6 Å². The molecule has 0 spiro atoms. The predicted octanol–water partition coefficient (Wildman–Crippen LogP) is 4.07. The molecule has 3 aliphatic rings. The molecule has 11 heteroatoms. The van der Waals surface area contributed by atoms with Gasteiger partial charge in [-0.1, -0.05) is 6.58 Å². The number of piperazine rings is 1. The molecule has 222 valence electrons. The standard InChI is InChI=1S/C31H35F2N5O3S/c1-5-26(39)38-19(3)14-36(15-20(38)4)30-24-12-18(2)27(23-7-6-21(32)13-25(23)33)29-28(24)37(31(40)34-30)16-22(17-42-29)35-8-10-41-11-9-35/h5-7,12-13,19-20,22H,1,8-11,14-17H2,2-4H3/t19-,20+,22?.